The fraction of sp³-hybridized carbons (Fsp3) is 0.909. The van der Waals surface area contributed by atoms with E-state index in [9.17, 15) is 5.26 Å². The molecule has 2 fully saturated rings. The topological polar surface area (TPSA) is 36.3 Å². The van der Waals surface area contributed by atoms with Crippen LogP contribution in [0.3, 0.4) is 0 Å². The molecule has 1 aliphatic heterocycles. The van der Waals surface area contributed by atoms with Crippen LogP contribution in [0.1, 0.15) is 39.0 Å². The lowest BCUT2D eigenvalue weighted by Gasteiger charge is -2.33. The van der Waals surface area contributed by atoms with E-state index in [1.165, 1.54) is 25.7 Å². The lowest BCUT2D eigenvalue weighted by atomic mass is 9.83. The summed E-state index contributed by atoms with van der Waals surface area (Å²) in [5, 5.41) is 11.1. The van der Waals surface area contributed by atoms with Crippen LogP contribution in [-0.2, 0) is 4.84 Å². The highest BCUT2D eigenvalue weighted by Gasteiger charge is 2.50. The monoisotopic (exact) mass is 194 g/mol. The van der Waals surface area contributed by atoms with Crippen LogP contribution in [0.5, 0.6) is 0 Å². The molecule has 14 heavy (non-hydrogen) atoms. The van der Waals surface area contributed by atoms with Crippen molar-refractivity contribution in [1.82, 2.24) is 5.06 Å². The Balaban J connectivity index is 2.21. The van der Waals surface area contributed by atoms with Gasteiger partial charge in [-0.3, -0.25) is 0 Å². The first-order valence-electron chi connectivity index (χ1n) is 5.46. The van der Waals surface area contributed by atoms with Crippen LogP contribution in [0.15, 0.2) is 0 Å². The van der Waals surface area contributed by atoms with Gasteiger partial charge in [0.1, 0.15) is 5.54 Å². The normalized spacial score (nSPS) is 43.2. The smallest absolute Gasteiger partial charge is 0.130 e. The lowest BCUT2D eigenvalue weighted by molar-refractivity contribution is -0.190. The maximum Gasteiger partial charge on any atom is 0.130 e. The molecule has 3 nitrogen and oxygen atoms in total. The Labute approximate surface area is 85.6 Å². The molecule has 0 spiro atoms. The second-order valence-corrected chi connectivity index (χ2v) is 4.71. The number of nitriles is 1. The van der Waals surface area contributed by atoms with Crippen LogP contribution in [0.25, 0.3) is 0 Å². The summed E-state index contributed by atoms with van der Waals surface area (Å²) < 4.78 is 0. The Bertz CT molecular complexity index is 261. The van der Waals surface area contributed by atoms with E-state index in [1.54, 1.807) is 7.11 Å². The molecule has 2 aliphatic rings. The molecule has 0 aromatic carbocycles. The van der Waals surface area contributed by atoms with Crippen molar-refractivity contribution in [2.45, 2.75) is 50.6 Å². The Kier molecular flexibility index (Phi) is 2.50. The quantitative estimate of drug-likeness (QED) is 0.641. The second kappa shape index (κ2) is 3.52. The van der Waals surface area contributed by atoms with Gasteiger partial charge < -0.3 is 4.84 Å². The van der Waals surface area contributed by atoms with Gasteiger partial charge in [0.25, 0.3) is 0 Å². The van der Waals surface area contributed by atoms with Gasteiger partial charge in [0, 0.05) is 6.04 Å². The molecular weight excluding hydrogens is 176 g/mol. The third-order valence-corrected chi connectivity index (χ3v) is 3.75. The fourth-order valence-electron chi connectivity index (χ4n) is 3.13. The largest absolute Gasteiger partial charge is 0.300 e. The number of hydrogen-bond donors (Lipinski definition) is 0. The van der Waals surface area contributed by atoms with Crippen LogP contribution < -0.4 is 0 Å². The Morgan fingerprint density at radius 1 is 1.43 bits per heavy atom. The minimum absolute atomic E-state index is 0.394. The highest BCUT2D eigenvalue weighted by atomic mass is 16.7. The van der Waals surface area contributed by atoms with Gasteiger partial charge in [-0.1, -0.05) is 12.8 Å². The van der Waals surface area contributed by atoms with Crippen molar-refractivity contribution in [3.63, 3.8) is 0 Å². The minimum atomic E-state index is -0.394. The van der Waals surface area contributed by atoms with E-state index in [2.05, 4.69) is 6.07 Å². The predicted octanol–water partition coefficient (Wildman–Crippen LogP) is 2.09. The molecule has 2 rings (SSSR count). The van der Waals surface area contributed by atoms with Crippen molar-refractivity contribution < 1.29 is 4.84 Å². The minimum Gasteiger partial charge on any atom is -0.300 e. The fourth-order valence-corrected chi connectivity index (χ4v) is 3.13. The van der Waals surface area contributed by atoms with E-state index in [1.807, 2.05) is 12.0 Å². The van der Waals surface area contributed by atoms with Crippen LogP contribution in [0, 0.1) is 17.2 Å². The summed E-state index contributed by atoms with van der Waals surface area (Å²) in [5.74, 6) is 0.674. The SMILES string of the molecule is CON1C2CCCCC2CC1(C)C#N. The van der Waals surface area contributed by atoms with Crippen LogP contribution >= 0.6 is 0 Å². The van der Waals surface area contributed by atoms with Crippen LogP contribution in [0.4, 0.5) is 0 Å². The summed E-state index contributed by atoms with van der Waals surface area (Å²) in [6, 6.07) is 2.88. The molecule has 3 unspecified atom stereocenters. The second-order valence-electron chi connectivity index (χ2n) is 4.71. The number of fused-ring (bicyclic) bond motifs is 1. The molecule has 1 saturated carbocycles. The zero-order chi connectivity index (χ0) is 10.2. The molecule has 0 radical (unpaired) electrons. The molecular formula is C11H18N2O. The van der Waals surface area contributed by atoms with E-state index in [4.69, 9.17) is 4.84 Å². The molecule has 0 amide bonds. The zero-order valence-corrected chi connectivity index (χ0v) is 8.99. The zero-order valence-electron chi connectivity index (χ0n) is 8.99. The molecule has 0 aromatic rings. The van der Waals surface area contributed by atoms with Crippen LogP contribution in [-0.4, -0.2) is 23.8 Å². The summed E-state index contributed by atoms with van der Waals surface area (Å²) in [6.45, 7) is 1.99. The van der Waals surface area contributed by atoms with Crippen molar-refractivity contribution in [1.29, 1.82) is 5.26 Å². The van der Waals surface area contributed by atoms with Crippen molar-refractivity contribution >= 4 is 0 Å². The van der Waals surface area contributed by atoms with Gasteiger partial charge in [-0.2, -0.15) is 10.3 Å². The molecule has 3 atom stereocenters. The lowest BCUT2D eigenvalue weighted by Crippen LogP contribution is -2.44. The van der Waals surface area contributed by atoms with Crippen molar-refractivity contribution in [2.24, 2.45) is 5.92 Å². The number of hydrogen-bond acceptors (Lipinski definition) is 3. The molecule has 0 bridgehead atoms. The molecule has 1 heterocycles. The summed E-state index contributed by atoms with van der Waals surface area (Å²) in [6.07, 6.45) is 6.03. The van der Waals surface area contributed by atoms with Gasteiger partial charge in [0.2, 0.25) is 0 Å². The summed E-state index contributed by atoms with van der Waals surface area (Å²) in [5.41, 5.74) is -0.394. The molecule has 1 aliphatic carbocycles. The van der Waals surface area contributed by atoms with Gasteiger partial charge in [-0.15, -0.1) is 0 Å². The summed E-state index contributed by atoms with van der Waals surface area (Å²) in [7, 11) is 1.69. The molecule has 78 valence electrons. The first-order valence-corrected chi connectivity index (χ1v) is 5.46. The van der Waals surface area contributed by atoms with Crippen molar-refractivity contribution in [2.75, 3.05) is 7.11 Å². The van der Waals surface area contributed by atoms with E-state index in [0.29, 0.717) is 12.0 Å². The van der Waals surface area contributed by atoms with Crippen molar-refractivity contribution in [3.05, 3.63) is 0 Å². The van der Waals surface area contributed by atoms with E-state index >= 15 is 0 Å². The average molecular weight is 194 g/mol. The number of hydroxylamine groups is 2. The van der Waals surface area contributed by atoms with E-state index in [0.717, 1.165) is 6.42 Å². The Morgan fingerprint density at radius 3 is 2.79 bits per heavy atom. The van der Waals surface area contributed by atoms with Gasteiger partial charge in [-0.05, 0) is 32.1 Å². The molecule has 1 saturated heterocycles. The van der Waals surface area contributed by atoms with Gasteiger partial charge in [-0.25, -0.2) is 0 Å². The maximum absolute atomic E-state index is 9.20. The predicted molar refractivity (Wildman–Crippen MR) is 53.2 cm³/mol. The van der Waals surface area contributed by atoms with E-state index < -0.39 is 5.54 Å². The Hall–Kier alpha value is -0.590. The van der Waals surface area contributed by atoms with Gasteiger partial charge in [0.15, 0.2) is 0 Å². The van der Waals surface area contributed by atoms with Crippen molar-refractivity contribution in [3.8, 4) is 6.07 Å². The maximum atomic E-state index is 9.20. The van der Waals surface area contributed by atoms with Gasteiger partial charge in [0.05, 0.1) is 13.2 Å². The molecule has 0 aromatic heterocycles. The third-order valence-electron chi connectivity index (χ3n) is 3.75. The van der Waals surface area contributed by atoms with Gasteiger partial charge >= 0.3 is 0 Å². The number of rotatable bonds is 1. The summed E-state index contributed by atoms with van der Waals surface area (Å²) >= 11 is 0. The highest BCUT2D eigenvalue weighted by Crippen LogP contribution is 2.44. The molecule has 0 N–H and O–H groups in total. The highest BCUT2D eigenvalue weighted by molar-refractivity contribution is 5.12. The average Bonchev–Trinajstić information content (AvgIpc) is 2.50. The number of nitrogens with zero attached hydrogens (tertiary/aromatic N) is 2. The Morgan fingerprint density at radius 2 is 2.14 bits per heavy atom. The first-order chi connectivity index (χ1) is 6.71. The van der Waals surface area contributed by atoms with Crippen LogP contribution in [0.2, 0.25) is 0 Å². The van der Waals surface area contributed by atoms with E-state index in [-0.39, 0.29) is 0 Å². The first kappa shape index (κ1) is 9.95. The summed E-state index contributed by atoms with van der Waals surface area (Å²) in [4.78, 5) is 5.40. The third kappa shape index (κ3) is 1.34. The standard InChI is InChI=1S/C11H18N2O/c1-11(8-12)7-9-5-3-4-6-10(9)13(11)14-2/h9-10H,3-7H2,1-2H3. The molecule has 3 heteroatoms.